The number of nitrogens with zero attached hydrogens (tertiary/aromatic N) is 2. The summed E-state index contributed by atoms with van der Waals surface area (Å²) >= 11 is 0. The van der Waals surface area contributed by atoms with Crippen molar-refractivity contribution in [1.29, 1.82) is 0 Å². The normalized spacial score (nSPS) is 9.77. The van der Waals surface area contributed by atoms with Crippen LogP contribution in [-0.4, -0.2) is 23.6 Å². The molecule has 13 heavy (non-hydrogen) atoms. The summed E-state index contributed by atoms with van der Waals surface area (Å²) in [6, 6.07) is 1.80. The molecular formula is C9H15N3O. The van der Waals surface area contributed by atoms with Gasteiger partial charge in [-0.3, -0.25) is 0 Å². The van der Waals surface area contributed by atoms with E-state index in [1.54, 1.807) is 13.2 Å². The molecule has 0 spiro atoms. The smallest absolute Gasteiger partial charge is 0.226 e. The molecule has 72 valence electrons. The Morgan fingerprint density at radius 3 is 2.85 bits per heavy atom. The molecule has 1 rings (SSSR count). The predicted octanol–water partition coefficient (Wildman–Crippen LogP) is 1.62. The molecule has 0 unspecified atom stereocenters. The molecule has 0 amide bonds. The summed E-state index contributed by atoms with van der Waals surface area (Å²) in [5.74, 6) is 1.24. The first-order valence-corrected chi connectivity index (χ1v) is 4.39. The minimum absolute atomic E-state index is 0.603. The quantitative estimate of drug-likeness (QED) is 0.766. The zero-order valence-corrected chi connectivity index (χ0v) is 8.29. The number of anilines is 1. The largest absolute Gasteiger partial charge is 0.481 e. The maximum Gasteiger partial charge on any atom is 0.226 e. The molecule has 4 heteroatoms. The van der Waals surface area contributed by atoms with E-state index in [-0.39, 0.29) is 0 Å². The monoisotopic (exact) mass is 181 g/mol. The summed E-state index contributed by atoms with van der Waals surface area (Å²) in [6.07, 6.45) is 1.06. The van der Waals surface area contributed by atoms with Gasteiger partial charge in [-0.15, -0.1) is 0 Å². The van der Waals surface area contributed by atoms with Gasteiger partial charge in [-0.25, -0.2) is 4.98 Å². The maximum atomic E-state index is 5.02. The first-order chi connectivity index (χ1) is 6.26. The van der Waals surface area contributed by atoms with Crippen LogP contribution in [0.3, 0.4) is 0 Å². The Kier molecular flexibility index (Phi) is 3.49. The Morgan fingerprint density at radius 2 is 2.23 bits per heavy atom. The highest BCUT2D eigenvalue weighted by Crippen LogP contribution is 2.10. The van der Waals surface area contributed by atoms with Crippen LogP contribution in [0.25, 0.3) is 0 Å². The fourth-order valence-corrected chi connectivity index (χ4v) is 0.960. The van der Waals surface area contributed by atoms with Crippen LogP contribution in [-0.2, 0) is 0 Å². The minimum atomic E-state index is 0.603. The second-order valence-corrected chi connectivity index (χ2v) is 2.80. The Labute approximate surface area is 78.4 Å². The first-order valence-electron chi connectivity index (χ1n) is 4.39. The van der Waals surface area contributed by atoms with Gasteiger partial charge in [0.1, 0.15) is 0 Å². The lowest BCUT2D eigenvalue weighted by molar-refractivity contribution is 0.397. The van der Waals surface area contributed by atoms with Crippen LogP contribution in [0.1, 0.15) is 19.0 Å². The molecule has 1 aromatic heterocycles. The molecule has 0 aliphatic rings. The molecule has 0 aliphatic carbocycles. The SMILES string of the molecule is CCCNc1nc(C)cc(OC)n1. The second-order valence-electron chi connectivity index (χ2n) is 2.80. The molecule has 0 aliphatic heterocycles. The predicted molar refractivity (Wildman–Crippen MR) is 52.1 cm³/mol. The van der Waals surface area contributed by atoms with Crippen LogP contribution in [0.2, 0.25) is 0 Å². The molecule has 1 N–H and O–H groups in total. The average Bonchev–Trinajstić information content (AvgIpc) is 2.14. The Balaban J connectivity index is 2.76. The number of aromatic nitrogens is 2. The van der Waals surface area contributed by atoms with E-state index in [1.807, 2.05) is 6.92 Å². The molecule has 0 bridgehead atoms. The summed E-state index contributed by atoms with van der Waals surface area (Å²) in [5, 5.41) is 3.11. The van der Waals surface area contributed by atoms with E-state index >= 15 is 0 Å². The summed E-state index contributed by atoms with van der Waals surface area (Å²) in [4.78, 5) is 8.36. The number of rotatable bonds is 4. The Hall–Kier alpha value is -1.32. The van der Waals surface area contributed by atoms with Gasteiger partial charge in [0.2, 0.25) is 11.8 Å². The van der Waals surface area contributed by atoms with E-state index in [2.05, 4.69) is 22.2 Å². The van der Waals surface area contributed by atoms with E-state index in [0.717, 1.165) is 18.7 Å². The van der Waals surface area contributed by atoms with Crippen molar-refractivity contribution >= 4 is 5.95 Å². The lowest BCUT2D eigenvalue weighted by atomic mass is 10.4. The molecule has 0 saturated heterocycles. The van der Waals surface area contributed by atoms with Gasteiger partial charge in [-0.2, -0.15) is 4.98 Å². The van der Waals surface area contributed by atoms with Crippen LogP contribution in [0.5, 0.6) is 5.88 Å². The molecule has 1 aromatic rings. The summed E-state index contributed by atoms with van der Waals surface area (Å²) in [7, 11) is 1.60. The molecule has 0 atom stereocenters. The van der Waals surface area contributed by atoms with Crippen molar-refractivity contribution in [3.05, 3.63) is 11.8 Å². The van der Waals surface area contributed by atoms with Gasteiger partial charge in [0.15, 0.2) is 0 Å². The van der Waals surface area contributed by atoms with Crippen molar-refractivity contribution in [2.75, 3.05) is 19.0 Å². The lowest BCUT2D eigenvalue weighted by Gasteiger charge is -2.05. The zero-order chi connectivity index (χ0) is 9.68. The van der Waals surface area contributed by atoms with Crippen LogP contribution in [0.15, 0.2) is 6.07 Å². The van der Waals surface area contributed by atoms with E-state index < -0.39 is 0 Å². The summed E-state index contributed by atoms with van der Waals surface area (Å²) in [6.45, 7) is 4.90. The van der Waals surface area contributed by atoms with Crippen molar-refractivity contribution in [3.63, 3.8) is 0 Å². The van der Waals surface area contributed by atoms with Gasteiger partial charge in [-0.1, -0.05) is 6.92 Å². The van der Waals surface area contributed by atoms with E-state index in [1.165, 1.54) is 0 Å². The van der Waals surface area contributed by atoms with E-state index in [4.69, 9.17) is 4.74 Å². The van der Waals surface area contributed by atoms with Crippen LogP contribution in [0.4, 0.5) is 5.95 Å². The number of nitrogens with one attached hydrogen (secondary N) is 1. The van der Waals surface area contributed by atoms with E-state index in [0.29, 0.717) is 11.8 Å². The Bertz CT molecular complexity index is 276. The van der Waals surface area contributed by atoms with Crippen molar-refractivity contribution in [1.82, 2.24) is 9.97 Å². The molecule has 1 heterocycles. The van der Waals surface area contributed by atoms with Gasteiger partial charge in [0.25, 0.3) is 0 Å². The van der Waals surface area contributed by atoms with Gasteiger partial charge in [0, 0.05) is 18.3 Å². The molecule has 0 radical (unpaired) electrons. The van der Waals surface area contributed by atoms with Crippen molar-refractivity contribution in [2.24, 2.45) is 0 Å². The van der Waals surface area contributed by atoms with Gasteiger partial charge < -0.3 is 10.1 Å². The fourth-order valence-electron chi connectivity index (χ4n) is 0.960. The number of aryl methyl sites for hydroxylation is 1. The van der Waals surface area contributed by atoms with Gasteiger partial charge >= 0.3 is 0 Å². The van der Waals surface area contributed by atoms with E-state index in [9.17, 15) is 0 Å². The lowest BCUT2D eigenvalue weighted by Crippen LogP contribution is -2.05. The molecule has 0 fully saturated rings. The molecule has 4 nitrogen and oxygen atoms in total. The van der Waals surface area contributed by atoms with Crippen molar-refractivity contribution in [2.45, 2.75) is 20.3 Å². The second kappa shape index (κ2) is 4.64. The summed E-state index contributed by atoms with van der Waals surface area (Å²) < 4.78 is 5.02. The third kappa shape index (κ3) is 2.89. The van der Waals surface area contributed by atoms with Gasteiger partial charge in [0.05, 0.1) is 7.11 Å². The first kappa shape index (κ1) is 9.77. The highest BCUT2D eigenvalue weighted by Gasteiger charge is 2.00. The molecule has 0 saturated carbocycles. The third-order valence-electron chi connectivity index (χ3n) is 1.57. The fraction of sp³-hybridized carbons (Fsp3) is 0.556. The Morgan fingerprint density at radius 1 is 1.46 bits per heavy atom. The average molecular weight is 181 g/mol. The zero-order valence-electron chi connectivity index (χ0n) is 8.29. The standard InChI is InChI=1S/C9H15N3O/c1-4-5-10-9-11-7(2)6-8(12-9)13-3/h6H,4-5H2,1-3H3,(H,10,11,12). The topological polar surface area (TPSA) is 47.0 Å². The number of ether oxygens (including phenoxy) is 1. The number of hydrogen-bond acceptors (Lipinski definition) is 4. The van der Waals surface area contributed by atoms with Crippen LogP contribution < -0.4 is 10.1 Å². The van der Waals surface area contributed by atoms with Gasteiger partial charge in [-0.05, 0) is 13.3 Å². The molecular weight excluding hydrogens is 166 g/mol. The molecule has 0 aromatic carbocycles. The van der Waals surface area contributed by atoms with Crippen molar-refractivity contribution < 1.29 is 4.74 Å². The maximum absolute atomic E-state index is 5.02. The van der Waals surface area contributed by atoms with Crippen LogP contribution >= 0.6 is 0 Å². The third-order valence-corrected chi connectivity index (χ3v) is 1.57. The summed E-state index contributed by atoms with van der Waals surface area (Å²) in [5.41, 5.74) is 0.908. The van der Waals surface area contributed by atoms with Crippen LogP contribution in [0, 0.1) is 6.92 Å². The highest BCUT2D eigenvalue weighted by atomic mass is 16.5. The number of methoxy groups -OCH3 is 1. The number of hydrogen-bond donors (Lipinski definition) is 1. The minimum Gasteiger partial charge on any atom is -0.481 e. The highest BCUT2D eigenvalue weighted by molar-refractivity contribution is 5.30. The van der Waals surface area contributed by atoms with Crippen molar-refractivity contribution in [3.8, 4) is 5.88 Å².